The highest BCUT2D eigenvalue weighted by Crippen LogP contribution is 1.98. The molecule has 8 nitrogen and oxygen atoms in total. The van der Waals surface area contributed by atoms with Crippen LogP contribution in [0.25, 0.3) is 0 Å². The van der Waals surface area contributed by atoms with Crippen molar-refractivity contribution in [2.45, 2.75) is 27.3 Å². The number of nitrogens with zero attached hydrogens (tertiary/aromatic N) is 5. The predicted octanol–water partition coefficient (Wildman–Crippen LogP) is -0.282. The van der Waals surface area contributed by atoms with E-state index >= 15 is 0 Å². The Bertz CT molecular complexity index is 413. The van der Waals surface area contributed by atoms with Crippen LogP contribution in [-0.4, -0.2) is 56.7 Å². The van der Waals surface area contributed by atoms with E-state index in [1.54, 1.807) is 11.8 Å². The summed E-state index contributed by atoms with van der Waals surface area (Å²) < 4.78 is 5.95. The average Bonchev–Trinajstić information content (AvgIpc) is 2.79. The van der Waals surface area contributed by atoms with E-state index in [2.05, 4.69) is 15.5 Å². The zero-order chi connectivity index (χ0) is 13.5. The average molecular weight is 255 g/mol. The second kappa shape index (κ2) is 6.67. The van der Waals surface area contributed by atoms with Crippen molar-refractivity contribution in [2.75, 3.05) is 19.7 Å². The summed E-state index contributed by atoms with van der Waals surface area (Å²) in [6.45, 7) is 6.82. The van der Waals surface area contributed by atoms with Gasteiger partial charge in [-0.15, -0.1) is 5.10 Å². The van der Waals surface area contributed by atoms with Crippen LogP contribution in [-0.2, 0) is 16.1 Å². The van der Waals surface area contributed by atoms with Gasteiger partial charge in [-0.2, -0.15) is 0 Å². The van der Waals surface area contributed by atoms with Crippen molar-refractivity contribution in [3.8, 4) is 0 Å². The number of carbonyl (C=O) groups excluding carboxylic acids is 2. The monoisotopic (exact) mass is 255 g/mol. The van der Waals surface area contributed by atoms with Crippen LogP contribution in [0, 0.1) is 0 Å². The van der Waals surface area contributed by atoms with Gasteiger partial charge >= 0.3 is 5.97 Å². The summed E-state index contributed by atoms with van der Waals surface area (Å²) in [5.41, 5.74) is 0. The maximum absolute atomic E-state index is 11.9. The third-order valence-corrected chi connectivity index (χ3v) is 2.39. The normalized spacial score (nSPS) is 10.2. The maximum atomic E-state index is 11.9. The third kappa shape index (κ3) is 3.25. The molecule has 0 N–H and O–H groups in total. The van der Waals surface area contributed by atoms with E-state index in [1.807, 2.05) is 13.8 Å². The molecule has 0 unspecified atom stereocenters. The van der Waals surface area contributed by atoms with Crippen LogP contribution < -0.4 is 0 Å². The molecule has 0 saturated heterocycles. The third-order valence-electron chi connectivity index (χ3n) is 2.39. The lowest BCUT2D eigenvalue weighted by atomic mass is 10.4. The van der Waals surface area contributed by atoms with E-state index in [0.29, 0.717) is 13.1 Å². The van der Waals surface area contributed by atoms with E-state index < -0.39 is 5.97 Å². The second-order valence-electron chi connectivity index (χ2n) is 3.45. The van der Waals surface area contributed by atoms with Crippen LogP contribution >= 0.6 is 0 Å². The maximum Gasteiger partial charge on any atom is 0.378 e. The first kappa shape index (κ1) is 14.1. The van der Waals surface area contributed by atoms with Gasteiger partial charge in [0.1, 0.15) is 6.54 Å². The van der Waals surface area contributed by atoms with E-state index in [-0.39, 0.29) is 24.9 Å². The Hall–Kier alpha value is -1.99. The molecule has 18 heavy (non-hydrogen) atoms. The number of ether oxygens (including phenoxy) is 1. The van der Waals surface area contributed by atoms with Gasteiger partial charge in [0.25, 0.3) is 5.82 Å². The lowest BCUT2D eigenvalue weighted by molar-refractivity contribution is -0.131. The fourth-order valence-corrected chi connectivity index (χ4v) is 1.46. The Morgan fingerprint density at radius 3 is 2.50 bits per heavy atom. The molecule has 1 aromatic heterocycles. The molecule has 1 rings (SSSR count). The van der Waals surface area contributed by atoms with Gasteiger partial charge < -0.3 is 9.64 Å². The summed E-state index contributed by atoms with van der Waals surface area (Å²) in [5, 5.41) is 10.6. The first-order valence-corrected chi connectivity index (χ1v) is 5.85. The number of hydrogen-bond acceptors (Lipinski definition) is 6. The number of tetrazole rings is 1. The SMILES string of the molecule is CCOC(=O)c1nnnn1CC(=O)N(CC)CC. The summed E-state index contributed by atoms with van der Waals surface area (Å²) in [5.74, 6) is -0.829. The van der Waals surface area contributed by atoms with Gasteiger partial charge in [0.15, 0.2) is 0 Å². The molecule has 0 radical (unpaired) electrons. The molecular formula is C10H17N5O3. The van der Waals surface area contributed by atoms with Crippen LogP contribution in [0.3, 0.4) is 0 Å². The number of likely N-dealkylation sites (N-methyl/N-ethyl adjacent to an activating group) is 1. The lowest BCUT2D eigenvalue weighted by Gasteiger charge is -2.18. The molecule has 0 fully saturated rings. The van der Waals surface area contributed by atoms with E-state index in [1.165, 1.54) is 0 Å². The molecule has 0 aliphatic rings. The molecule has 0 spiro atoms. The number of carbonyl (C=O) groups is 2. The van der Waals surface area contributed by atoms with Crippen LogP contribution in [0.5, 0.6) is 0 Å². The summed E-state index contributed by atoms with van der Waals surface area (Å²) in [6, 6.07) is 0. The van der Waals surface area contributed by atoms with Gasteiger partial charge in [0, 0.05) is 13.1 Å². The first-order chi connectivity index (χ1) is 8.63. The molecule has 1 heterocycles. The highest BCUT2D eigenvalue weighted by molar-refractivity contribution is 5.86. The second-order valence-corrected chi connectivity index (χ2v) is 3.45. The van der Waals surface area contributed by atoms with Crippen molar-refractivity contribution in [2.24, 2.45) is 0 Å². The highest BCUT2D eigenvalue weighted by atomic mass is 16.5. The van der Waals surface area contributed by atoms with Gasteiger partial charge in [-0.1, -0.05) is 0 Å². The first-order valence-electron chi connectivity index (χ1n) is 5.85. The predicted molar refractivity (Wildman–Crippen MR) is 61.7 cm³/mol. The number of amides is 1. The smallest absolute Gasteiger partial charge is 0.378 e. The topological polar surface area (TPSA) is 90.2 Å². The number of esters is 1. The lowest BCUT2D eigenvalue weighted by Crippen LogP contribution is -2.34. The van der Waals surface area contributed by atoms with E-state index in [9.17, 15) is 9.59 Å². The van der Waals surface area contributed by atoms with E-state index in [4.69, 9.17) is 4.74 Å². The molecule has 8 heteroatoms. The molecule has 0 atom stereocenters. The van der Waals surface area contributed by atoms with Crippen molar-refractivity contribution in [3.05, 3.63) is 5.82 Å². The number of rotatable bonds is 6. The van der Waals surface area contributed by atoms with Crippen LogP contribution in [0.15, 0.2) is 0 Å². The molecule has 100 valence electrons. The summed E-state index contributed by atoms with van der Waals surface area (Å²) >= 11 is 0. The molecule has 1 amide bonds. The number of aromatic nitrogens is 4. The summed E-state index contributed by atoms with van der Waals surface area (Å²) in [6.07, 6.45) is 0. The van der Waals surface area contributed by atoms with Gasteiger partial charge in [0.05, 0.1) is 6.61 Å². The van der Waals surface area contributed by atoms with Gasteiger partial charge in [-0.25, -0.2) is 9.48 Å². The number of hydrogen-bond donors (Lipinski definition) is 0. The van der Waals surface area contributed by atoms with Crippen LogP contribution in [0.2, 0.25) is 0 Å². The molecule has 1 aromatic rings. The molecule has 0 saturated carbocycles. The zero-order valence-electron chi connectivity index (χ0n) is 10.8. The van der Waals surface area contributed by atoms with Gasteiger partial charge in [-0.05, 0) is 31.2 Å². The highest BCUT2D eigenvalue weighted by Gasteiger charge is 2.20. The Morgan fingerprint density at radius 2 is 1.94 bits per heavy atom. The fraction of sp³-hybridized carbons (Fsp3) is 0.700. The van der Waals surface area contributed by atoms with Crippen molar-refractivity contribution in [1.29, 1.82) is 0 Å². The molecule has 0 bridgehead atoms. The minimum Gasteiger partial charge on any atom is -0.460 e. The fourth-order valence-electron chi connectivity index (χ4n) is 1.46. The Labute approximate surface area is 105 Å². The Balaban J connectivity index is 2.76. The Kier molecular flexibility index (Phi) is 5.22. The van der Waals surface area contributed by atoms with Gasteiger partial charge in [0.2, 0.25) is 5.91 Å². The molecular weight excluding hydrogens is 238 g/mol. The molecule has 0 aliphatic carbocycles. The van der Waals surface area contributed by atoms with Crippen LogP contribution in [0.1, 0.15) is 31.4 Å². The summed E-state index contributed by atoms with van der Waals surface area (Å²) in [7, 11) is 0. The van der Waals surface area contributed by atoms with Crippen molar-refractivity contribution < 1.29 is 14.3 Å². The summed E-state index contributed by atoms with van der Waals surface area (Å²) in [4.78, 5) is 25.0. The minimum absolute atomic E-state index is 0.0580. The molecule has 0 aromatic carbocycles. The minimum atomic E-state index is -0.630. The zero-order valence-corrected chi connectivity index (χ0v) is 10.8. The quantitative estimate of drug-likeness (QED) is 0.649. The van der Waals surface area contributed by atoms with Crippen molar-refractivity contribution >= 4 is 11.9 Å². The van der Waals surface area contributed by atoms with Gasteiger partial charge in [-0.3, -0.25) is 4.79 Å². The van der Waals surface area contributed by atoms with Crippen molar-refractivity contribution in [1.82, 2.24) is 25.1 Å². The molecule has 0 aliphatic heterocycles. The largest absolute Gasteiger partial charge is 0.460 e. The van der Waals surface area contributed by atoms with Crippen LogP contribution in [0.4, 0.5) is 0 Å². The van der Waals surface area contributed by atoms with E-state index in [0.717, 1.165) is 4.68 Å². The standard InChI is InChI=1S/C10H17N5O3/c1-4-14(5-2)8(16)7-15-9(11-12-13-15)10(17)18-6-3/h4-7H2,1-3H3. The van der Waals surface area contributed by atoms with Crippen molar-refractivity contribution in [3.63, 3.8) is 0 Å². The Morgan fingerprint density at radius 1 is 1.28 bits per heavy atom.